The minimum absolute atomic E-state index is 0.0666. The van der Waals surface area contributed by atoms with Crippen molar-refractivity contribution < 1.29 is 9.13 Å². The van der Waals surface area contributed by atoms with Crippen LogP contribution < -0.4 is 10.9 Å². The molecule has 1 aliphatic heterocycles. The van der Waals surface area contributed by atoms with Crippen molar-refractivity contribution in [2.45, 2.75) is 39.3 Å². The predicted molar refractivity (Wildman–Crippen MR) is 126 cm³/mol. The van der Waals surface area contributed by atoms with Crippen LogP contribution in [0.25, 0.3) is 10.9 Å². The van der Waals surface area contributed by atoms with E-state index in [-0.39, 0.29) is 17.5 Å². The minimum atomic E-state index is -0.305. The van der Waals surface area contributed by atoms with Crippen molar-refractivity contribution in [3.63, 3.8) is 0 Å². The molecular weight excluding hydrogens is 413 g/mol. The Morgan fingerprint density at radius 3 is 2.74 bits per heavy atom. The van der Waals surface area contributed by atoms with Gasteiger partial charge in [0.05, 0.1) is 12.6 Å². The summed E-state index contributed by atoms with van der Waals surface area (Å²) in [7, 11) is 0. The molecule has 0 radical (unpaired) electrons. The first-order chi connectivity index (χ1) is 14.9. The molecule has 3 aromatic rings. The molecule has 1 atom stereocenters. The van der Waals surface area contributed by atoms with Crippen LogP contribution >= 0.6 is 12.2 Å². The highest BCUT2D eigenvalue weighted by Crippen LogP contribution is 2.21. The lowest BCUT2D eigenvalue weighted by Crippen LogP contribution is -2.40. The van der Waals surface area contributed by atoms with E-state index in [1.165, 1.54) is 12.1 Å². The van der Waals surface area contributed by atoms with Crippen LogP contribution in [0.3, 0.4) is 0 Å². The first kappa shape index (κ1) is 21.5. The number of rotatable bonds is 5. The number of aromatic nitrogens is 1. The topological polar surface area (TPSA) is 57.4 Å². The number of nitrogens with zero attached hydrogens (tertiary/aromatic N) is 1. The summed E-state index contributed by atoms with van der Waals surface area (Å²) < 4.78 is 19.0. The number of benzene rings is 2. The molecule has 0 spiro atoms. The third-order valence-electron chi connectivity index (χ3n) is 5.58. The molecule has 1 unspecified atom stereocenters. The second-order valence-corrected chi connectivity index (χ2v) is 8.51. The highest BCUT2D eigenvalue weighted by atomic mass is 32.1. The first-order valence-corrected chi connectivity index (χ1v) is 10.9. The molecule has 2 N–H and O–H groups in total. The Kier molecular flexibility index (Phi) is 6.34. The third-order valence-corrected chi connectivity index (χ3v) is 5.94. The third kappa shape index (κ3) is 5.11. The van der Waals surface area contributed by atoms with E-state index in [2.05, 4.69) is 16.4 Å². The van der Waals surface area contributed by atoms with Gasteiger partial charge in [0.15, 0.2) is 5.11 Å². The molecular formula is C24H26FN3O2S. The van der Waals surface area contributed by atoms with Gasteiger partial charge in [-0.05, 0) is 86.4 Å². The molecule has 2 aromatic carbocycles. The van der Waals surface area contributed by atoms with Gasteiger partial charge < -0.3 is 19.9 Å². The van der Waals surface area contributed by atoms with E-state index < -0.39 is 0 Å². The maximum atomic E-state index is 13.2. The lowest BCUT2D eigenvalue weighted by atomic mass is 10.0. The predicted octanol–water partition coefficient (Wildman–Crippen LogP) is 4.66. The molecule has 1 aliphatic rings. The van der Waals surface area contributed by atoms with Crippen molar-refractivity contribution in [2.75, 3.05) is 18.5 Å². The average molecular weight is 440 g/mol. The highest BCUT2D eigenvalue weighted by molar-refractivity contribution is 7.80. The van der Waals surface area contributed by atoms with Crippen LogP contribution in [0.4, 0.5) is 10.1 Å². The average Bonchev–Trinajstić information content (AvgIpc) is 3.23. The zero-order chi connectivity index (χ0) is 22.0. The zero-order valence-corrected chi connectivity index (χ0v) is 18.5. The number of halogens is 1. The normalized spacial score (nSPS) is 15.9. The Balaban J connectivity index is 1.62. The lowest BCUT2D eigenvalue weighted by molar-refractivity contribution is 0.0904. The van der Waals surface area contributed by atoms with Crippen molar-refractivity contribution in [3.05, 3.63) is 75.3 Å². The molecule has 1 fully saturated rings. The second-order valence-electron chi connectivity index (χ2n) is 8.12. The Labute approximate surface area is 186 Å². The quantitative estimate of drug-likeness (QED) is 0.566. The number of ether oxygens (including phenoxy) is 1. The summed E-state index contributed by atoms with van der Waals surface area (Å²) >= 11 is 5.66. The molecule has 0 bridgehead atoms. The van der Waals surface area contributed by atoms with Gasteiger partial charge in [-0.2, -0.15) is 0 Å². The Morgan fingerprint density at radius 1 is 1.26 bits per heavy atom. The van der Waals surface area contributed by atoms with E-state index in [4.69, 9.17) is 17.0 Å². The summed E-state index contributed by atoms with van der Waals surface area (Å²) in [5, 5.41) is 4.66. The molecule has 1 aromatic heterocycles. The lowest BCUT2D eigenvalue weighted by Gasteiger charge is -2.28. The SMILES string of the molecule is Cc1cc(C)c2cc(CN(CC3CCCO3)C(=S)Nc3ccc(F)cc3)c(=O)[nH]c2c1. The first-order valence-electron chi connectivity index (χ1n) is 10.5. The number of anilines is 1. The van der Waals surface area contributed by atoms with E-state index in [0.717, 1.165) is 41.5 Å². The molecule has 0 saturated carbocycles. The van der Waals surface area contributed by atoms with E-state index in [9.17, 15) is 9.18 Å². The number of hydrogen-bond donors (Lipinski definition) is 2. The van der Waals surface area contributed by atoms with Crippen molar-refractivity contribution in [2.24, 2.45) is 0 Å². The van der Waals surface area contributed by atoms with E-state index in [1.807, 2.05) is 30.9 Å². The number of H-pyrrole nitrogens is 1. The fourth-order valence-corrected chi connectivity index (χ4v) is 4.29. The van der Waals surface area contributed by atoms with Gasteiger partial charge in [-0.25, -0.2) is 4.39 Å². The van der Waals surface area contributed by atoms with Gasteiger partial charge >= 0.3 is 0 Å². The summed E-state index contributed by atoms with van der Waals surface area (Å²) in [5.41, 5.74) is 4.27. The molecule has 4 rings (SSSR count). The smallest absolute Gasteiger partial charge is 0.253 e. The Hall–Kier alpha value is -2.77. The Morgan fingerprint density at radius 2 is 2.03 bits per heavy atom. The maximum absolute atomic E-state index is 13.2. The number of aromatic amines is 1. The van der Waals surface area contributed by atoms with E-state index >= 15 is 0 Å². The zero-order valence-electron chi connectivity index (χ0n) is 17.7. The van der Waals surface area contributed by atoms with E-state index in [0.29, 0.717) is 29.5 Å². The largest absolute Gasteiger partial charge is 0.376 e. The van der Waals surface area contributed by atoms with Crippen LogP contribution in [0, 0.1) is 19.7 Å². The summed E-state index contributed by atoms with van der Waals surface area (Å²) in [6.07, 6.45) is 2.05. The van der Waals surface area contributed by atoms with Gasteiger partial charge in [-0.15, -0.1) is 0 Å². The van der Waals surface area contributed by atoms with Crippen molar-refractivity contribution in [3.8, 4) is 0 Å². The summed E-state index contributed by atoms with van der Waals surface area (Å²) in [6.45, 7) is 5.73. The molecule has 162 valence electrons. The summed E-state index contributed by atoms with van der Waals surface area (Å²) in [5.74, 6) is -0.305. The number of pyridine rings is 1. The van der Waals surface area contributed by atoms with Crippen LogP contribution in [0.15, 0.2) is 47.3 Å². The fraction of sp³-hybridized carbons (Fsp3) is 0.333. The van der Waals surface area contributed by atoms with Crippen LogP contribution in [0.1, 0.15) is 29.5 Å². The Bertz CT molecular complexity index is 1150. The van der Waals surface area contributed by atoms with Gasteiger partial charge in [0, 0.05) is 35.3 Å². The van der Waals surface area contributed by atoms with Gasteiger partial charge in [0.2, 0.25) is 0 Å². The molecule has 5 nitrogen and oxygen atoms in total. The number of thiocarbonyl (C=S) groups is 1. The molecule has 1 saturated heterocycles. The summed E-state index contributed by atoms with van der Waals surface area (Å²) in [6, 6.07) is 12.1. The molecule has 7 heteroatoms. The highest BCUT2D eigenvalue weighted by Gasteiger charge is 2.22. The molecule has 0 aliphatic carbocycles. The van der Waals surface area contributed by atoms with Crippen molar-refractivity contribution >= 4 is 33.9 Å². The van der Waals surface area contributed by atoms with Crippen LogP contribution in [0.5, 0.6) is 0 Å². The standard InChI is InChI=1S/C24H26FN3O2S/c1-15-10-16(2)21-12-17(23(29)27-22(21)11-15)13-28(14-20-4-3-9-30-20)24(31)26-19-7-5-18(25)6-8-19/h5-8,10-12,20H,3-4,9,13-14H2,1-2H3,(H,26,31)(H,27,29). The van der Waals surface area contributed by atoms with E-state index in [1.54, 1.807) is 12.1 Å². The monoisotopic (exact) mass is 439 g/mol. The van der Waals surface area contributed by atoms with Gasteiger partial charge in [-0.1, -0.05) is 6.07 Å². The van der Waals surface area contributed by atoms with Gasteiger partial charge in [0.25, 0.3) is 5.56 Å². The number of nitrogens with one attached hydrogen (secondary N) is 2. The van der Waals surface area contributed by atoms with Crippen molar-refractivity contribution in [1.29, 1.82) is 0 Å². The molecule has 31 heavy (non-hydrogen) atoms. The van der Waals surface area contributed by atoms with Crippen LogP contribution in [0.2, 0.25) is 0 Å². The molecule has 0 amide bonds. The number of hydrogen-bond acceptors (Lipinski definition) is 3. The van der Waals surface area contributed by atoms with Crippen LogP contribution in [-0.4, -0.2) is 34.3 Å². The van der Waals surface area contributed by atoms with Gasteiger partial charge in [-0.3, -0.25) is 4.79 Å². The molecule has 2 heterocycles. The minimum Gasteiger partial charge on any atom is -0.376 e. The van der Waals surface area contributed by atoms with Crippen LogP contribution in [-0.2, 0) is 11.3 Å². The van der Waals surface area contributed by atoms with Gasteiger partial charge in [0.1, 0.15) is 5.82 Å². The second kappa shape index (κ2) is 9.16. The summed E-state index contributed by atoms with van der Waals surface area (Å²) in [4.78, 5) is 17.8. The fourth-order valence-electron chi connectivity index (χ4n) is 4.03. The number of aryl methyl sites for hydroxylation is 2. The van der Waals surface area contributed by atoms with Crippen molar-refractivity contribution in [1.82, 2.24) is 9.88 Å². The maximum Gasteiger partial charge on any atom is 0.253 e. The number of fused-ring (bicyclic) bond motifs is 1.